The second-order valence-electron chi connectivity index (χ2n) is 3.75. The van der Waals surface area contributed by atoms with Gasteiger partial charge < -0.3 is 0 Å². The zero-order valence-electron chi connectivity index (χ0n) is 8.74. The van der Waals surface area contributed by atoms with E-state index >= 15 is 0 Å². The van der Waals surface area contributed by atoms with Crippen molar-refractivity contribution in [1.29, 1.82) is 0 Å². The summed E-state index contributed by atoms with van der Waals surface area (Å²) >= 11 is 0. The number of hydrogen-bond acceptors (Lipinski definition) is 1. The van der Waals surface area contributed by atoms with Crippen molar-refractivity contribution in [3.05, 3.63) is 54.1 Å². The molecular formula is C13H8F2N2. The van der Waals surface area contributed by atoms with E-state index in [-0.39, 0.29) is 0 Å². The predicted octanol–water partition coefficient (Wildman–Crippen LogP) is 3.51. The fourth-order valence-electron chi connectivity index (χ4n) is 1.83. The first-order valence-corrected chi connectivity index (χ1v) is 5.14. The first-order valence-electron chi connectivity index (χ1n) is 5.14. The molecule has 1 heterocycles. The minimum atomic E-state index is -0.866. The summed E-state index contributed by atoms with van der Waals surface area (Å²) in [6, 6.07) is 11.3. The third-order valence-corrected chi connectivity index (χ3v) is 2.66. The standard InChI is InChI=1S/C13H8F2N2/c14-10-6-5-8(7-11(10)15)13-9-3-1-2-4-12(9)16-17-13/h1-7H,(H,16,17). The number of rotatable bonds is 1. The third-order valence-electron chi connectivity index (χ3n) is 2.66. The zero-order chi connectivity index (χ0) is 11.8. The molecule has 0 aliphatic carbocycles. The molecule has 0 bridgehead atoms. The van der Waals surface area contributed by atoms with Gasteiger partial charge in [0.1, 0.15) is 5.69 Å². The van der Waals surface area contributed by atoms with Crippen LogP contribution in [0.5, 0.6) is 0 Å². The fourth-order valence-corrected chi connectivity index (χ4v) is 1.83. The molecule has 0 amide bonds. The van der Waals surface area contributed by atoms with Crippen LogP contribution in [0.25, 0.3) is 22.2 Å². The molecule has 84 valence electrons. The summed E-state index contributed by atoms with van der Waals surface area (Å²) in [6.07, 6.45) is 0. The molecule has 0 saturated carbocycles. The molecule has 2 nitrogen and oxygen atoms in total. The van der Waals surface area contributed by atoms with Gasteiger partial charge in [-0.2, -0.15) is 5.10 Å². The zero-order valence-corrected chi connectivity index (χ0v) is 8.74. The highest BCUT2D eigenvalue weighted by Gasteiger charge is 2.10. The highest BCUT2D eigenvalue weighted by atomic mass is 19.2. The van der Waals surface area contributed by atoms with Crippen LogP contribution in [0.2, 0.25) is 0 Å². The van der Waals surface area contributed by atoms with Gasteiger partial charge in [-0.25, -0.2) is 8.78 Å². The number of fused-ring (bicyclic) bond motifs is 1. The number of benzene rings is 2. The lowest BCUT2D eigenvalue weighted by Crippen LogP contribution is -1.85. The Balaban J connectivity index is 2.24. The van der Waals surface area contributed by atoms with E-state index in [2.05, 4.69) is 10.2 Å². The van der Waals surface area contributed by atoms with Crippen LogP contribution in [0.4, 0.5) is 8.78 Å². The number of nitrogens with zero attached hydrogens (tertiary/aromatic N) is 1. The first-order chi connectivity index (χ1) is 8.25. The number of aromatic nitrogens is 2. The Morgan fingerprint density at radius 2 is 1.76 bits per heavy atom. The Bertz CT molecular complexity index is 689. The Morgan fingerprint density at radius 3 is 2.59 bits per heavy atom. The van der Waals surface area contributed by atoms with Gasteiger partial charge in [0.15, 0.2) is 11.6 Å². The maximum Gasteiger partial charge on any atom is 0.159 e. The van der Waals surface area contributed by atoms with Gasteiger partial charge in [-0.1, -0.05) is 18.2 Å². The van der Waals surface area contributed by atoms with Crippen LogP contribution in [0.1, 0.15) is 0 Å². The molecule has 1 N–H and O–H groups in total. The van der Waals surface area contributed by atoms with Crippen LogP contribution in [-0.4, -0.2) is 10.2 Å². The van der Waals surface area contributed by atoms with Gasteiger partial charge in [0.05, 0.1) is 5.52 Å². The van der Waals surface area contributed by atoms with E-state index in [4.69, 9.17) is 0 Å². The van der Waals surface area contributed by atoms with Gasteiger partial charge in [-0.15, -0.1) is 0 Å². The van der Waals surface area contributed by atoms with Crippen LogP contribution in [0.15, 0.2) is 42.5 Å². The number of nitrogens with one attached hydrogen (secondary N) is 1. The number of halogens is 2. The van der Waals surface area contributed by atoms with Gasteiger partial charge in [0.2, 0.25) is 0 Å². The van der Waals surface area contributed by atoms with Gasteiger partial charge in [-0.05, 0) is 24.3 Å². The van der Waals surface area contributed by atoms with E-state index in [1.54, 1.807) is 0 Å². The van der Waals surface area contributed by atoms with E-state index in [1.165, 1.54) is 6.07 Å². The normalized spacial score (nSPS) is 10.9. The molecule has 0 fully saturated rings. The summed E-state index contributed by atoms with van der Waals surface area (Å²) < 4.78 is 26.0. The SMILES string of the molecule is Fc1ccc(-c2n[nH]c3ccccc23)cc1F. The summed E-state index contributed by atoms with van der Waals surface area (Å²) in [7, 11) is 0. The monoisotopic (exact) mass is 230 g/mol. The molecule has 0 unspecified atom stereocenters. The Morgan fingerprint density at radius 1 is 0.941 bits per heavy atom. The number of hydrogen-bond donors (Lipinski definition) is 1. The third kappa shape index (κ3) is 1.58. The van der Waals surface area contributed by atoms with E-state index in [0.717, 1.165) is 23.0 Å². The molecule has 3 rings (SSSR count). The number of aromatic amines is 1. The van der Waals surface area contributed by atoms with E-state index in [9.17, 15) is 8.78 Å². The van der Waals surface area contributed by atoms with Crippen molar-refractivity contribution in [3.8, 4) is 11.3 Å². The molecular weight excluding hydrogens is 222 g/mol. The Hall–Kier alpha value is -2.23. The fraction of sp³-hybridized carbons (Fsp3) is 0. The molecule has 0 saturated heterocycles. The van der Waals surface area contributed by atoms with Gasteiger partial charge in [-0.3, -0.25) is 5.10 Å². The second-order valence-corrected chi connectivity index (χ2v) is 3.75. The van der Waals surface area contributed by atoms with E-state index in [0.29, 0.717) is 11.3 Å². The Labute approximate surface area is 95.9 Å². The summed E-state index contributed by atoms with van der Waals surface area (Å²) in [5, 5.41) is 7.86. The van der Waals surface area contributed by atoms with Crippen LogP contribution < -0.4 is 0 Å². The number of H-pyrrole nitrogens is 1. The molecule has 17 heavy (non-hydrogen) atoms. The van der Waals surface area contributed by atoms with Crippen molar-refractivity contribution in [2.75, 3.05) is 0 Å². The highest BCUT2D eigenvalue weighted by Crippen LogP contribution is 2.26. The minimum absolute atomic E-state index is 0.557. The molecule has 2 aromatic carbocycles. The van der Waals surface area contributed by atoms with Crippen LogP contribution in [-0.2, 0) is 0 Å². The minimum Gasteiger partial charge on any atom is -0.277 e. The van der Waals surface area contributed by atoms with Crippen molar-refractivity contribution in [2.45, 2.75) is 0 Å². The average Bonchev–Trinajstić information content (AvgIpc) is 2.76. The van der Waals surface area contributed by atoms with Crippen molar-refractivity contribution in [1.82, 2.24) is 10.2 Å². The Kier molecular flexibility index (Phi) is 2.14. The van der Waals surface area contributed by atoms with E-state index in [1.807, 2.05) is 24.3 Å². The van der Waals surface area contributed by atoms with Gasteiger partial charge in [0.25, 0.3) is 0 Å². The number of para-hydroxylation sites is 1. The van der Waals surface area contributed by atoms with E-state index < -0.39 is 11.6 Å². The molecule has 1 aromatic heterocycles. The van der Waals surface area contributed by atoms with Crippen LogP contribution in [0, 0.1) is 11.6 Å². The summed E-state index contributed by atoms with van der Waals surface area (Å²) in [4.78, 5) is 0. The predicted molar refractivity (Wildman–Crippen MR) is 61.4 cm³/mol. The lowest BCUT2D eigenvalue weighted by Gasteiger charge is -1.99. The quantitative estimate of drug-likeness (QED) is 0.680. The maximum absolute atomic E-state index is 13.2. The molecule has 0 atom stereocenters. The molecule has 4 heteroatoms. The summed E-state index contributed by atoms with van der Waals surface area (Å²) in [6.45, 7) is 0. The molecule has 0 aliphatic heterocycles. The van der Waals surface area contributed by atoms with Crippen LogP contribution >= 0.6 is 0 Å². The summed E-state index contributed by atoms with van der Waals surface area (Å²) in [5.74, 6) is -1.72. The molecule has 0 spiro atoms. The van der Waals surface area contributed by atoms with Gasteiger partial charge in [0, 0.05) is 10.9 Å². The van der Waals surface area contributed by atoms with Crippen LogP contribution in [0.3, 0.4) is 0 Å². The highest BCUT2D eigenvalue weighted by molar-refractivity contribution is 5.92. The lowest BCUT2D eigenvalue weighted by molar-refractivity contribution is 0.509. The summed E-state index contributed by atoms with van der Waals surface area (Å²) in [5.41, 5.74) is 2.05. The smallest absolute Gasteiger partial charge is 0.159 e. The maximum atomic E-state index is 13.2. The first kappa shape index (κ1) is 9.96. The second kappa shape index (κ2) is 3.66. The molecule has 0 aliphatic rings. The van der Waals surface area contributed by atoms with Crippen molar-refractivity contribution in [3.63, 3.8) is 0 Å². The molecule has 3 aromatic rings. The van der Waals surface area contributed by atoms with Gasteiger partial charge >= 0.3 is 0 Å². The lowest BCUT2D eigenvalue weighted by atomic mass is 10.1. The van der Waals surface area contributed by atoms with Crippen molar-refractivity contribution >= 4 is 10.9 Å². The van der Waals surface area contributed by atoms with Crippen molar-refractivity contribution in [2.24, 2.45) is 0 Å². The van der Waals surface area contributed by atoms with Crippen molar-refractivity contribution < 1.29 is 8.78 Å². The average molecular weight is 230 g/mol. The largest absolute Gasteiger partial charge is 0.277 e. The topological polar surface area (TPSA) is 28.7 Å². The molecule has 0 radical (unpaired) electrons.